The molecule has 0 radical (unpaired) electrons. The molecule has 1 N–H and O–H groups in total. The van der Waals surface area contributed by atoms with Gasteiger partial charge in [0.1, 0.15) is 16.6 Å². The van der Waals surface area contributed by atoms with Gasteiger partial charge in [0.25, 0.3) is 5.91 Å². The van der Waals surface area contributed by atoms with E-state index in [1.54, 1.807) is 0 Å². The van der Waals surface area contributed by atoms with Crippen LogP contribution in [0.1, 0.15) is 17.5 Å². The smallest absolute Gasteiger partial charge is 0.268 e. The van der Waals surface area contributed by atoms with Crippen LogP contribution in [0.5, 0.6) is 0 Å². The minimum absolute atomic E-state index is 0.170. The van der Waals surface area contributed by atoms with Gasteiger partial charge in [-0.1, -0.05) is 53.1 Å². The molecule has 2 aromatic rings. The average molecular weight is 388 g/mol. The first-order valence-corrected chi connectivity index (χ1v) is 8.30. The molecule has 23 heavy (non-hydrogen) atoms. The molecule has 118 valence electrons. The van der Waals surface area contributed by atoms with Crippen molar-refractivity contribution in [3.05, 3.63) is 43.3 Å². The SMILES string of the molecule is CCc1nnc(NC(=O)/C(C#N)=C/c2c(Cl)ccc(Cl)c2Cl)s1. The fourth-order valence-corrected chi connectivity index (χ4v) is 2.90. The first-order chi connectivity index (χ1) is 11.0. The molecule has 2 rings (SSSR count). The summed E-state index contributed by atoms with van der Waals surface area (Å²) in [6, 6.07) is 4.88. The molecule has 0 aliphatic heterocycles. The molecule has 1 heterocycles. The second kappa shape index (κ2) is 7.75. The number of halogens is 3. The lowest BCUT2D eigenvalue weighted by atomic mass is 10.1. The monoisotopic (exact) mass is 386 g/mol. The molecule has 0 bridgehead atoms. The van der Waals surface area contributed by atoms with E-state index in [2.05, 4.69) is 15.5 Å². The van der Waals surface area contributed by atoms with Gasteiger partial charge in [-0.2, -0.15) is 5.26 Å². The molecule has 0 aliphatic rings. The van der Waals surface area contributed by atoms with E-state index in [9.17, 15) is 10.1 Å². The molecule has 1 amide bonds. The largest absolute Gasteiger partial charge is 0.296 e. The van der Waals surface area contributed by atoms with Crippen LogP contribution in [0.15, 0.2) is 17.7 Å². The van der Waals surface area contributed by atoms with E-state index >= 15 is 0 Å². The Morgan fingerprint density at radius 2 is 2.04 bits per heavy atom. The van der Waals surface area contributed by atoms with Gasteiger partial charge in [0.05, 0.1) is 10.0 Å². The Balaban J connectivity index is 2.30. The first kappa shape index (κ1) is 17.7. The van der Waals surface area contributed by atoms with Gasteiger partial charge in [-0.25, -0.2) is 0 Å². The van der Waals surface area contributed by atoms with Gasteiger partial charge >= 0.3 is 0 Å². The van der Waals surface area contributed by atoms with Crippen LogP contribution in [0.25, 0.3) is 6.08 Å². The minimum Gasteiger partial charge on any atom is -0.296 e. The quantitative estimate of drug-likeness (QED) is 0.472. The van der Waals surface area contributed by atoms with E-state index < -0.39 is 5.91 Å². The Morgan fingerprint density at radius 1 is 1.35 bits per heavy atom. The summed E-state index contributed by atoms with van der Waals surface area (Å²) in [4.78, 5) is 12.2. The first-order valence-electron chi connectivity index (χ1n) is 6.35. The molecular weight excluding hydrogens is 379 g/mol. The number of aromatic nitrogens is 2. The second-order valence-electron chi connectivity index (χ2n) is 4.24. The molecule has 0 atom stereocenters. The van der Waals surface area contributed by atoms with E-state index in [1.165, 1.54) is 29.5 Å². The summed E-state index contributed by atoms with van der Waals surface area (Å²) in [5, 5.41) is 21.3. The van der Waals surface area contributed by atoms with Crippen LogP contribution >= 0.6 is 46.1 Å². The standard InChI is InChI=1S/C14H9Cl3N4OS/c1-2-11-20-21-14(23-11)19-13(22)7(6-18)5-8-9(15)3-4-10(16)12(8)17/h3-5H,2H2,1H3,(H,19,21,22)/b7-5+. The minimum atomic E-state index is -0.626. The van der Waals surface area contributed by atoms with Crippen molar-refractivity contribution in [1.29, 1.82) is 5.26 Å². The Morgan fingerprint density at radius 3 is 2.65 bits per heavy atom. The van der Waals surface area contributed by atoms with Gasteiger partial charge in [0, 0.05) is 10.6 Å². The predicted octanol–water partition coefficient (Wildman–Crippen LogP) is 4.61. The lowest BCUT2D eigenvalue weighted by molar-refractivity contribution is -0.112. The van der Waals surface area contributed by atoms with Crippen molar-refractivity contribution in [1.82, 2.24) is 10.2 Å². The van der Waals surface area contributed by atoms with Gasteiger partial charge in [-0.15, -0.1) is 10.2 Å². The van der Waals surface area contributed by atoms with E-state index in [0.29, 0.717) is 17.1 Å². The average Bonchev–Trinajstić information content (AvgIpc) is 2.99. The number of hydrogen-bond acceptors (Lipinski definition) is 5. The second-order valence-corrected chi connectivity index (χ2v) is 6.49. The van der Waals surface area contributed by atoms with E-state index in [1.807, 2.05) is 13.0 Å². The van der Waals surface area contributed by atoms with Crippen molar-refractivity contribution in [2.24, 2.45) is 0 Å². The number of rotatable bonds is 4. The number of amides is 1. The van der Waals surface area contributed by atoms with Gasteiger partial charge < -0.3 is 0 Å². The van der Waals surface area contributed by atoms with Crippen LogP contribution in [0.2, 0.25) is 15.1 Å². The van der Waals surface area contributed by atoms with Gasteiger partial charge in [-0.3, -0.25) is 10.1 Å². The lowest BCUT2D eigenvalue weighted by Gasteiger charge is -2.05. The van der Waals surface area contributed by atoms with Gasteiger partial charge in [-0.05, 0) is 24.6 Å². The van der Waals surface area contributed by atoms with Crippen LogP contribution in [-0.2, 0) is 11.2 Å². The third-order valence-electron chi connectivity index (χ3n) is 2.72. The number of aryl methyl sites for hydroxylation is 1. The van der Waals surface area contributed by atoms with E-state index in [-0.39, 0.29) is 20.6 Å². The maximum absolute atomic E-state index is 12.2. The summed E-state index contributed by atoms with van der Waals surface area (Å²) in [6.07, 6.45) is 2.00. The molecule has 0 saturated heterocycles. The van der Waals surface area contributed by atoms with Crippen molar-refractivity contribution in [2.45, 2.75) is 13.3 Å². The highest BCUT2D eigenvalue weighted by atomic mass is 35.5. The number of benzene rings is 1. The molecule has 0 aliphatic carbocycles. The van der Waals surface area contributed by atoms with E-state index in [0.717, 1.165) is 5.01 Å². The zero-order valence-corrected chi connectivity index (χ0v) is 14.8. The Bertz CT molecular complexity index is 826. The topological polar surface area (TPSA) is 78.7 Å². The fourth-order valence-electron chi connectivity index (χ4n) is 1.58. The Hall–Kier alpha value is -1.65. The third-order valence-corrected chi connectivity index (χ3v) is 4.85. The third kappa shape index (κ3) is 4.21. The maximum Gasteiger partial charge on any atom is 0.268 e. The Labute approximate surface area is 151 Å². The summed E-state index contributed by atoms with van der Waals surface area (Å²) in [6.45, 7) is 1.93. The van der Waals surface area contributed by atoms with Crippen LogP contribution in [0, 0.1) is 11.3 Å². The lowest BCUT2D eigenvalue weighted by Crippen LogP contribution is -2.13. The molecular formula is C14H9Cl3N4OS. The summed E-state index contributed by atoms with van der Waals surface area (Å²) in [7, 11) is 0. The van der Waals surface area contributed by atoms with Crippen molar-refractivity contribution < 1.29 is 4.79 Å². The maximum atomic E-state index is 12.2. The highest BCUT2D eigenvalue weighted by Crippen LogP contribution is 2.33. The van der Waals surface area contributed by atoms with E-state index in [4.69, 9.17) is 34.8 Å². The molecule has 0 fully saturated rings. The number of carbonyl (C=O) groups is 1. The van der Waals surface area contributed by atoms with Crippen molar-refractivity contribution in [3.63, 3.8) is 0 Å². The van der Waals surface area contributed by atoms with Crippen LogP contribution in [0.3, 0.4) is 0 Å². The molecule has 0 spiro atoms. The number of hydrogen-bond donors (Lipinski definition) is 1. The fraction of sp³-hybridized carbons (Fsp3) is 0.143. The molecule has 9 heteroatoms. The number of nitriles is 1. The summed E-state index contributed by atoms with van der Waals surface area (Å²) in [5.74, 6) is -0.626. The molecule has 5 nitrogen and oxygen atoms in total. The molecule has 1 aromatic carbocycles. The Kier molecular flexibility index (Phi) is 5.97. The number of carbonyl (C=O) groups excluding carboxylic acids is 1. The van der Waals surface area contributed by atoms with Crippen molar-refractivity contribution in [2.75, 3.05) is 5.32 Å². The van der Waals surface area contributed by atoms with Crippen molar-refractivity contribution >= 4 is 63.3 Å². The summed E-state index contributed by atoms with van der Waals surface area (Å²) >= 11 is 19.3. The molecule has 0 saturated carbocycles. The van der Waals surface area contributed by atoms with Crippen LogP contribution < -0.4 is 5.32 Å². The summed E-state index contributed by atoms with van der Waals surface area (Å²) in [5.41, 5.74) is 0.128. The van der Waals surface area contributed by atoms with Crippen molar-refractivity contribution in [3.8, 4) is 6.07 Å². The zero-order valence-electron chi connectivity index (χ0n) is 11.7. The number of nitrogens with zero attached hydrogens (tertiary/aromatic N) is 3. The summed E-state index contributed by atoms with van der Waals surface area (Å²) < 4.78 is 0. The highest BCUT2D eigenvalue weighted by Gasteiger charge is 2.15. The molecule has 1 aromatic heterocycles. The van der Waals surface area contributed by atoms with Crippen LogP contribution in [0.4, 0.5) is 5.13 Å². The van der Waals surface area contributed by atoms with Gasteiger partial charge in [0.15, 0.2) is 0 Å². The number of anilines is 1. The van der Waals surface area contributed by atoms with Crippen LogP contribution in [-0.4, -0.2) is 16.1 Å². The predicted molar refractivity (Wildman–Crippen MR) is 93.0 cm³/mol. The normalized spacial score (nSPS) is 11.2. The number of nitrogens with one attached hydrogen (secondary N) is 1. The molecule has 0 unspecified atom stereocenters. The van der Waals surface area contributed by atoms with Gasteiger partial charge in [0.2, 0.25) is 5.13 Å². The highest BCUT2D eigenvalue weighted by molar-refractivity contribution is 7.15. The zero-order chi connectivity index (χ0) is 17.0.